The van der Waals surface area contributed by atoms with Gasteiger partial charge < -0.3 is 11.1 Å². The zero-order chi connectivity index (χ0) is 9.68. The van der Waals surface area contributed by atoms with E-state index in [0.717, 1.165) is 5.92 Å². The molecule has 1 rings (SSSR count). The molecule has 1 fully saturated rings. The van der Waals surface area contributed by atoms with Crippen LogP contribution in [0.15, 0.2) is 0 Å². The minimum absolute atomic E-state index is 0.250. The van der Waals surface area contributed by atoms with Crippen LogP contribution in [0.25, 0.3) is 0 Å². The highest BCUT2D eigenvalue weighted by Crippen LogP contribution is 2.26. The van der Waals surface area contributed by atoms with Gasteiger partial charge in [0.05, 0.1) is 6.54 Å². The Balaban J connectivity index is 2.31. The van der Waals surface area contributed by atoms with E-state index in [1.807, 2.05) is 0 Å². The van der Waals surface area contributed by atoms with Gasteiger partial charge in [-0.05, 0) is 18.8 Å². The highest BCUT2D eigenvalue weighted by atomic mass is 16.1. The van der Waals surface area contributed by atoms with Crippen molar-refractivity contribution in [1.82, 2.24) is 5.32 Å². The molecule has 0 aromatic rings. The van der Waals surface area contributed by atoms with Gasteiger partial charge in [0.2, 0.25) is 5.91 Å². The van der Waals surface area contributed by atoms with E-state index in [0.29, 0.717) is 12.6 Å². The van der Waals surface area contributed by atoms with Gasteiger partial charge in [0.15, 0.2) is 0 Å². The van der Waals surface area contributed by atoms with Gasteiger partial charge >= 0.3 is 0 Å². The predicted molar refractivity (Wildman–Crippen MR) is 53.2 cm³/mol. The van der Waals surface area contributed by atoms with E-state index in [2.05, 4.69) is 12.2 Å². The maximum Gasteiger partial charge on any atom is 0.231 e. The van der Waals surface area contributed by atoms with E-state index in [-0.39, 0.29) is 5.91 Å². The Morgan fingerprint density at radius 3 is 2.77 bits per heavy atom. The van der Waals surface area contributed by atoms with Crippen molar-refractivity contribution in [3.63, 3.8) is 0 Å². The molecule has 0 spiro atoms. The predicted octanol–water partition coefficient (Wildman–Crippen LogP) is 1.03. The monoisotopic (exact) mass is 184 g/mol. The van der Waals surface area contributed by atoms with Crippen molar-refractivity contribution >= 4 is 5.91 Å². The lowest BCUT2D eigenvalue weighted by Gasteiger charge is -2.31. The van der Waals surface area contributed by atoms with Gasteiger partial charge in [0.1, 0.15) is 0 Å². The van der Waals surface area contributed by atoms with Gasteiger partial charge in [-0.15, -0.1) is 0 Å². The molecule has 0 heterocycles. The summed E-state index contributed by atoms with van der Waals surface area (Å²) in [5.41, 5.74) is 5.10. The number of rotatable bonds is 4. The lowest BCUT2D eigenvalue weighted by molar-refractivity contribution is -0.117. The maximum absolute atomic E-state index is 10.6. The fourth-order valence-corrected chi connectivity index (χ4v) is 2.20. The first-order chi connectivity index (χ1) is 6.24. The molecule has 0 radical (unpaired) electrons. The molecule has 76 valence electrons. The first-order valence-electron chi connectivity index (χ1n) is 5.25. The first-order valence-corrected chi connectivity index (χ1v) is 5.25. The summed E-state index contributed by atoms with van der Waals surface area (Å²) in [7, 11) is 0. The Kier molecular flexibility index (Phi) is 4.22. The van der Waals surface area contributed by atoms with E-state index in [4.69, 9.17) is 5.73 Å². The smallest absolute Gasteiger partial charge is 0.231 e. The molecule has 3 heteroatoms. The normalized spacial score (nSPS) is 28.7. The van der Waals surface area contributed by atoms with Crippen LogP contribution in [0, 0.1) is 5.92 Å². The molecule has 0 bridgehead atoms. The second-order valence-electron chi connectivity index (χ2n) is 3.91. The molecule has 1 saturated carbocycles. The number of hydrogen-bond donors (Lipinski definition) is 2. The topological polar surface area (TPSA) is 55.1 Å². The quantitative estimate of drug-likeness (QED) is 0.685. The van der Waals surface area contributed by atoms with Crippen molar-refractivity contribution in [2.24, 2.45) is 11.7 Å². The van der Waals surface area contributed by atoms with Crippen LogP contribution in [0.4, 0.5) is 0 Å². The molecular weight excluding hydrogens is 164 g/mol. The molecule has 3 N–H and O–H groups in total. The average molecular weight is 184 g/mol. The second-order valence-corrected chi connectivity index (χ2v) is 3.91. The van der Waals surface area contributed by atoms with Gasteiger partial charge in [-0.1, -0.05) is 26.2 Å². The Morgan fingerprint density at radius 1 is 1.46 bits per heavy atom. The molecule has 0 aromatic heterocycles. The van der Waals surface area contributed by atoms with Crippen molar-refractivity contribution in [3.05, 3.63) is 0 Å². The summed E-state index contributed by atoms with van der Waals surface area (Å²) in [5, 5.41) is 3.25. The minimum Gasteiger partial charge on any atom is -0.369 e. The van der Waals surface area contributed by atoms with Gasteiger partial charge in [-0.2, -0.15) is 0 Å². The molecule has 13 heavy (non-hydrogen) atoms. The summed E-state index contributed by atoms with van der Waals surface area (Å²) in [4.78, 5) is 10.6. The van der Waals surface area contributed by atoms with Crippen molar-refractivity contribution in [2.45, 2.75) is 45.1 Å². The minimum atomic E-state index is -0.250. The standard InChI is InChI=1S/C10H20N2O/c1-2-8-5-3-4-6-9(8)12-7-10(11)13/h8-9,12H,2-7H2,1H3,(H2,11,13). The molecule has 0 saturated heterocycles. The largest absolute Gasteiger partial charge is 0.369 e. The Labute approximate surface area is 80.1 Å². The van der Waals surface area contributed by atoms with Crippen LogP contribution in [-0.4, -0.2) is 18.5 Å². The molecule has 0 aliphatic heterocycles. The van der Waals surface area contributed by atoms with Gasteiger partial charge in [-0.25, -0.2) is 0 Å². The fourth-order valence-electron chi connectivity index (χ4n) is 2.20. The molecule has 1 amide bonds. The lowest BCUT2D eigenvalue weighted by Crippen LogP contribution is -2.42. The number of nitrogens with one attached hydrogen (secondary N) is 1. The summed E-state index contributed by atoms with van der Waals surface area (Å²) < 4.78 is 0. The number of amides is 1. The average Bonchev–Trinajstić information content (AvgIpc) is 2.15. The van der Waals surface area contributed by atoms with Crippen LogP contribution in [0.5, 0.6) is 0 Å². The van der Waals surface area contributed by atoms with E-state index in [1.165, 1.54) is 32.1 Å². The molecular formula is C10H20N2O. The van der Waals surface area contributed by atoms with E-state index >= 15 is 0 Å². The zero-order valence-corrected chi connectivity index (χ0v) is 8.38. The summed E-state index contributed by atoms with van der Waals surface area (Å²) in [6.45, 7) is 2.55. The fraction of sp³-hybridized carbons (Fsp3) is 0.900. The lowest BCUT2D eigenvalue weighted by atomic mass is 9.83. The molecule has 1 aliphatic carbocycles. The van der Waals surface area contributed by atoms with Gasteiger partial charge in [-0.3, -0.25) is 4.79 Å². The maximum atomic E-state index is 10.6. The third kappa shape index (κ3) is 3.35. The highest BCUT2D eigenvalue weighted by Gasteiger charge is 2.22. The number of carbonyl (C=O) groups is 1. The summed E-state index contributed by atoms with van der Waals surface area (Å²) in [6, 6.07) is 0.520. The Morgan fingerprint density at radius 2 is 2.15 bits per heavy atom. The summed E-state index contributed by atoms with van der Waals surface area (Å²) in [6.07, 6.45) is 6.33. The van der Waals surface area contributed by atoms with Crippen LogP contribution in [0.2, 0.25) is 0 Å². The van der Waals surface area contributed by atoms with Crippen molar-refractivity contribution in [1.29, 1.82) is 0 Å². The Bertz CT molecular complexity index is 170. The number of nitrogens with two attached hydrogens (primary N) is 1. The van der Waals surface area contributed by atoms with E-state index < -0.39 is 0 Å². The van der Waals surface area contributed by atoms with E-state index in [1.54, 1.807) is 0 Å². The van der Waals surface area contributed by atoms with Crippen molar-refractivity contribution in [2.75, 3.05) is 6.54 Å². The molecule has 1 aliphatic rings. The van der Waals surface area contributed by atoms with Crippen molar-refractivity contribution < 1.29 is 4.79 Å². The second kappa shape index (κ2) is 5.22. The zero-order valence-electron chi connectivity index (χ0n) is 8.38. The van der Waals surface area contributed by atoms with Crippen LogP contribution in [0.3, 0.4) is 0 Å². The summed E-state index contributed by atoms with van der Waals surface area (Å²) in [5.74, 6) is 0.494. The number of carbonyl (C=O) groups excluding carboxylic acids is 1. The van der Waals surface area contributed by atoms with Crippen molar-refractivity contribution in [3.8, 4) is 0 Å². The van der Waals surface area contributed by atoms with Crippen LogP contribution < -0.4 is 11.1 Å². The SMILES string of the molecule is CCC1CCCCC1NCC(N)=O. The third-order valence-corrected chi connectivity index (χ3v) is 2.97. The molecule has 0 aromatic carbocycles. The van der Waals surface area contributed by atoms with Gasteiger partial charge in [0, 0.05) is 6.04 Å². The molecule has 2 unspecified atom stereocenters. The first kappa shape index (κ1) is 10.5. The number of primary amides is 1. The third-order valence-electron chi connectivity index (χ3n) is 2.97. The number of hydrogen-bond acceptors (Lipinski definition) is 2. The van der Waals surface area contributed by atoms with Crippen LogP contribution in [-0.2, 0) is 4.79 Å². The van der Waals surface area contributed by atoms with Crippen LogP contribution in [0.1, 0.15) is 39.0 Å². The highest BCUT2D eigenvalue weighted by molar-refractivity contribution is 5.75. The summed E-state index contributed by atoms with van der Waals surface area (Å²) >= 11 is 0. The van der Waals surface area contributed by atoms with Crippen LogP contribution >= 0.6 is 0 Å². The van der Waals surface area contributed by atoms with E-state index in [9.17, 15) is 4.79 Å². The molecule has 3 nitrogen and oxygen atoms in total. The van der Waals surface area contributed by atoms with Gasteiger partial charge in [0.25, 0.3) is 0 Å². The Hall–Kier alpha value is -0.570. The molecule has 2 atom stereocenters.